The first kappa shape index (κ1) is 19.0. The van der Waals surface area contributed by atoms with Crippen molar-refractivity contribution in [2.24, 2.45) is 5.92 Å². The first-order chi connectivity index (χ1) is 14.0. The van der Waals surface area contributed by atoms with E-state index in [1.54, 1.807) is 13.2 Å². The standard InChI is InChI=1S/C22H23N3O4/c1-14-18-5-3-4-6-19(18)22(27)25(24-14)12-21(26)23-11-15-9-16-7-8-17(28-2)10-20(16)29-13-15/h3-8,10,15H,9,11-13H2,1-2H3,(H,23,26)/t15-/m0/s1. The largest absolute Gasteiger partial charge is 0.497 e. The number of amides is 1. The number of hydrogen-bond acceptors (Lipinski definition) is 5. The highest BCUT2D eigenvalue weighted by atomic mass is 16.5. The van der Waals surface area contributed by atoms with Crippen molar-refractivity contribution >= 4 is 16.7 Å². The lowest BCUT2D eigenvalue weighted by Gasteiger charge is -2.25. The van der Waals surface area contributed by atoms with Gasteiger partial charge in [0.2, 0.25) is 5.91 Å². The smallest absolute Gasteiger partial charge is 0.275 e. The number of fused-ring (bicyclic) bond motifs is 2. The number of rotatable bonds is 5. The van der Waals surface area contributed by atoms with Gasteiger partial charge in [-0.3, -0.25) is 9.59 Å². The van der Waals surface area contributed by atoms with Crippen LogP contribution >= 0.6 is 0 Å². The molecule has 0 saturated heterocycles. The van der Waals surface area contributed by atoms with Gasteiger partial charge in [0, 0.05) is 23.9 Å². The molecule has 0 radical (unpaired) electrons. The van der Waals surface area contributed by atoms with Crippen molar-refractivity contribution in [2.45, 2.75) is 19.9 Å². The molecule has 1 amide bonds. The molecule has 0 saturated carbocycles. The Hall–Kier alpha value is -3.35. The fraction of sp³-hybridized carbons (Fsp3) is 0.318. The second kappa shape index (κ2) is 7.95. The summed E-state index contributed by atoms with van der Waals surface area (Å²) in [4.78, 5) is 25.0. The Morgan fingerprint density at radius 2 is 2.07 bits per heavy atom. The Bertz CT molecular complexity index is 1120. The third-order valence-electron chi connectivity index (χ3n) is 5.19. The van der Waals surface area contributed by atoms with E-state index < -0.39 is 0 Å². The Morgan fingerprint density at radius 1 is 1.28 bits per heavy atom. The van der Waals surface area contributed by atoms with Crippen LogP contribution in [0.15, 0.2) is 47.3 Å². The van der Waals surface area contributed by atoms with Crippen molar-refractivity contribution in [3.05, 3.63) is 64.1 Å². The molecule has 150 valence electrons. The summed E-state index contributed by atoms with van der Waals surface area (Å²) in [6.45, 7) is 2.73. The number of carbonyl (C=O) groups excluding carboxylic acids is 1. The molecule has 1 aliphatic heterocycles. The SMILES string of the molecule is COc1ccc2c(c1)OC[C@H](CNC(=O)Cn1nc(C)c3ccccc3c1=O)C2. The minimum Gasteiger partial charge on any atom is -0.497 e. The maximum atomic E-state index is 12.6. The molecule has 7 nitrogen and oxygen atoms in total. The Labute approximate surface area is 168 Å². The zero-order chi connectivity index (χ0) is 20.4. The van der Waals surface area contributed by atoms with E-state index in [1.807, 2.05) is 43.3 Å². The van der Waals surface area contributed by atoms with Gasteiger partial charge in [0.1, 0.15) is 18.0 Å². The Morgan fingerprint density at radius 3 is 2.86 bits per heavy atom. The number of carbonyl (C=O) groups is 1. The van der Waals surface area contributed by atoms with Crippen LogP contribution in [0.3, 0.4) is 0 Å². The zero-order valence-electron chi connectivity index (χ0n) is 16.5. The van der Waals surface area contributed by atoms with E-state index in [2.05, 4.69) is 10.4 Å². The molecule has 0 unspecified atom stereocenters. The lowest BCUT2D eigenvalue weighted by Crippen LogP contribution is -2.38. The molecule has 1 aliphatic rings. The minimum absolute atomic E-state index is 0.105. The molecule has 0 aliphatic carbocycles. The fourth-order valence-electron chi connectivity index (χ4n) is 3.64. The predicted octanol–water partition coefficient (Wildman–Crippen LogP) is 2.08. The van der Waals surface area contributed by atoms with Gasteiger partial charge in [-0.1, -0.05) is 24.3 Å². The molecular formula is C22H23N3O4. The third-order valence-corrected chi connectivity index (χ3v) is 5.19. The lowest BCUT2D eigenvalue weighted by molar-refractivity contribution is -0.122. The van der Waals surface area contributed by atoms with Crippen molar-refractivity contribution in [1.82, 2.24) is 15.1 Å². The van der Waals surface area contributed by atoms with Gasteiger partial charge in [-0.15, -0.1) is 0 Å². The molecule has 7 heteroatoms. The van der Waals surface area contributed by atoms with Gasteiger partial charge >= 0.3 is 0 Å². The summed E-state index contributed by atoms with van der Waals surface area (Å²) in [7, 11) is 1.63. The van der Waals surface area contributed by atoms with Gasteiger partial charge in [-0.2, -0.15) is 5.10 Å². The number of benzene rings is 2. The monoisotopic (exact) mass is 393 g/mol. The molecule has 29 heavy (non-hydrogen) atoms. The van der Waals surface area contributed by atoms with E-state index in [0.29, 0.717) is 18.5 Å². The van der Waals surface area contributed by atoms with Gasteiger partial charge in [0.15, 0.2) is 0 Å². The molecule has 4 rings (SSSR count). The summed E-state index contributed by atoms with van der Waals surface area (Å²) in [5.74, 6) is 1.52. The average Bonchev–Trinajstić information content (AvgIpc) is 2.75. The van der Waals surface area contributed by atoms with Crippen LogP contribution in [-0.4, -0.2) is 35.9 Å². The van der Waals surface area contributed by atoms with Crippen LogP contribution in [0.4, 0.5) is 0 Å². The van der Waals surface area contributed by atoms with Gasteiger partial charge in [0.25, 0.3) is 5.56 Å². The number of methoxy groups -OCH3 is 1. The predicted molar refractivity (Wildman–Crippen MR) is 109 cm³/mol. The summed E-state index contributed by atoms with van der Waals surface area (Å²) in [6.07, 6.45) is 0.812. The highest BCUT2D eigenvalue weighted by molar-refractivity contribution is 5.83. The number of aryl methyl sites for hydroxylation is 1. The van der Waals surface area contributed by atoms with Crippen LogP contribution in [0.5, 0.6) is 11.5 Å². The molecule has 2 heterocycles. The van der Waals surface area contributed by atoms with E-state index in [9.17, 15) is 9.59 Å². The van der Waals surface area contributed by atoms with Crippen molar-refractivity contribution in [2.75, 3.05) is 20.3 Å². The third kappa shape index (κ3) is 3.94. The van der Waals surface area contributed by atoms with Crippen LogP contribution in [0.1, 0.15) is 11.3 Å². The van der Waals surface area contributed by atoms with E-state index >= 15 is 0 Å². The minimum atomic E-state index is -0.259. The molecule has 2 aromatic carbocycles. The summed E-state index contributed by atoms with van der Waals surface area (Å²) in [5.41, 5.74) is 1.56. The molecule has 1 N–H and O–H groups in total. The zero-order valence-corrected chi connectivity index (χ0v) is 16.5. The van der Waals surface area contributed by atoms with E-state index in [-0.39, 0.29) is 23.9 Å². The molecule has 0 fully saturated rings. The Kier molecular flexibility index (Phi) is 5.20. The molecule has 3 aromatic rings. The van der Waals surface area contributed by atoms with Gasteiger partial charge in [0.05, 0.1) is 24.8 Å². The van der Waals surface area contributed by atoms with Crippen LogP contribution < -0.4 is 20.3 Å². The first-order valence-corrected chi connectivity index (χ1v) is 9.58. The topological polar surface area (TPSA) is 82.4 Å². The number of hydrogen-bond donors (Lipinski definition) is 1. The fourth-order valence-corrected chi connectivity index (χ4v) is 3.64. The summed E-state index contributed by atoms with van der Waals surface area (Å²) < 4.78 is 12.3. The first-order valence-electron chi connectivity index (χ1n) is 9.58. The van der Waals surface area contributed by atoms with Crippen LogP contribution in [0.2, 0.25) is 0 Å². The second-order valence-electron chi connectivity index (χ2n) is 7.25. The number of ether oxygens (including phenoxy) is 2. The van der Waals surface area contributed by atoms with Crippen LogP contribution in [-0.2, 0) is 17.8 Å². The second-order valence-corrected chi connectivity index (χ2v) is 7.25. The maximum Gasteiger partial charge on any atom is 0.275 e. The molecular weight excluding hydrogens is 370 g/mol. The molecule has 0 spiro atoms. The van der Waals surface area contributed by atoms with Gasteiger partial charge in [-0.05, 0) is 31.0 Å². The Balaban J connectivity index is 1.39. The van der Waals surface area contributed by atoms with Crippen molar-refractivity contribution in [3.8, 4) is 11.5 Å². The molecule has 1 aromatic heterocycles. The average molecular weight is 393 g/mol. The van der Waals surface area contributed by atoms with E-state index in [1.165, 1.54) is 4.68 Å². The summed E-state index contributed by atoms with van der Waals surface area (Å²) in [5, 5.41) is 8.57. The normalized spacial score (nSPS) is 15.4. The lowest BCUT2D eigenvalue weighted by atomic mass is 9.96. The van der Waals surface area contributed by atoms with Gasteiger partial charge < -0.3 is 14.8 Å². The molecule has 0 bridgehead atoms. The van der Waals surface area contributed by atoms with E-state index in [4.69, 9.17) is 9.47 Å². The highest BCUT2D eigenvalue weighted by Crippen LogP contribution is 2.30. The van der Waals surface area contributed by atoms with Crippen molar-refractivity contribution in [3.63, 3.8) is 0 Å². The summed E-state index contributed by atoms with van der Waals surface area (Å²) >= 11 is 0. The number of nitrogens with one attached hydrogen (secondary N) is 1. The van der Waals surface area contributed by atoms with Crippen LogP contribution in [0, 0.1) is 12.8 Å². The maximum absolute atomic E-state index is 12.6. The van der Waals surface area contributed by atoms with Crippen LogP contribution in [0.25, 0.3) is 10.8 Å². The van der Waals surface area contributed by atoms with Crippen molar-refractivity contribution in [1.29, 1.82) is 0 Å². The number of nitrogens with zero attached hydrogens (tertiary/aromatic N) is 2. The van der Waals surface area contributed by atoms with E-state index in [0.717, 1.165) is 34.6 Å². The molecule has 1 atom stereocenters. The quantitative estimate of drug-likeness (QED) is 0.718. The summed E-state index contributed by atoms with van der Waals surface area (Å²) in [6, 6.07) is 13.1. The number of aromatic nitrogens is 2. The van der Waals surface area contributed by atoms with Crippen molar-refractivity contribution < 1.29 is 14.3 Å². The highest BCUT2D eigenvalue weighted by Gasteiger charge is 2.21. The van der Waals surface area contributed by atoms with Gasteiger partial charge in [-0.25, -0.2) is 4.68 Å².